The Morgan fingerprint density at radius 1 is 1.25 bits per heavy atom. The van der Waals surface area contributed by atoms with Crippen LogP contribution in [0.15, 0.2) is 42.6 Å². The number of benzene rings is 1. The number of carbonyl (C=O) groups is 2. The molecule has 0 unspecified atom stereocenters. The van der Waals surface area contributed by atoms with Crippen LogP contribution >= 0.6 is 22.7 Å². The molecule has 0 saturated carbocycles. The van der Waals surface area contributed by atoms with Gasteiger partial charge in [0.25, 0.3) is 5.91 Å². The normalized spacial score (nSPS) is 10.4. The quantitative estimate of drug-likeness (QED) is 0.312. The molecule has 3 rings (SSSR count). The first-order valence-corrected chi connectivity index (χ1v) is 11.7. The predicted octanol–water partition coefficient (Wildman–Crippen LogP) is 4.56. The minimum atomic E-state index is -0.465. The summed E-state index contributed by atoms with van der Waals surface area (Å²) in [6.07, 6.45) is 3.85. The Labute approximate surface area is 194 Å². The molecule has 1 amide bonds. The first kappa shape index (κ1) is 23.4. The number of carbonyl (C=O) groups excluding carboxylic acids is 2. The fourth-order valence-electron chi connectivity index (χ4n) is 2.75. The van der Waals surface area contributed by atoms with Gasteiger partial charge in [-0.25, -0.2) is 14.8 Å². The molecular formula is C22H24N4O4S2. The summed E-state index contributed by atoms with van der Waals surface area (Å²) in [6, 6.07) is 5.23. The van der Waals surface area contributed by atoms with Crippen LogP contribution in [0.2, 0.25) is 0 Å². The lowest BCUT2D eigenvalue weighted by Crippen LogP contribution is -2.13. The molecule has 3 aromatic rings. The van der Waals surface area contributed by atoms with E-state index in [-0.39, 0.29) is 12.5 Å². The van der Waals surface area contributed by atoms with Crippen molar-refractivity contribution in [1.29, 1.82) is 0 Å². The Hall–Kier alpha value is -3.24. The highest BCUT2D eigenvalue weighted by atomic mass is 32.1. The second-order valence-electron chi connectivity index (χ2n) is 6.59. The summed E-state index contributed by atoms with van der Waals surface area (Å²) in [5, 5.41) is 6.37. The number of anilines is 2. The number of thiazole rings is 2. The third-order valence-corrected chi connectivity index (χ3v) is 6.15. The van der Waals surface area contributed by atoms with Crippen molar-refractivity contribution >= 4 is 45.4 Å². The van der Waals surface area contributed by atoms with Gasteiger partial charge in [0.1, 0.15) is 17.2 Å². The standard InChI is InChI=1S/C22H24N4O4S2/c1-4-8-30-17-10-15(9-16(11-17)23-7-6-18-14(3)25-13-31-18)20(27)26-22-24-12-19(32-22)21(28)29-5-2/h4,9-13,23H,1,5-8H2,2-3H3,(H,24,26,27). The van der Waals surface area contributed by atoms with Gasteiger partial charge in [0.15, 0.2) is 5.13 Å². The van der Waals surface area contributed by atoms with E-state index in [1.165, 1.54) is 11.1 Å². The molecule has 1 aromatic carbocycles. The Kier molecular flexibility index (Phi) is 8.34. The third-order valence-electron chi connectivity index (χ3n) is 4.27. The molecule has 0 spiro atoms. The Balaban J connectivity index is 1.71. The minimum Gasteiger partial charge on any atom is -0.489 e. The highest BCUT2D eigenvalue weighted by Crippen LogP contribution is 2.24. The number of hydrogen-bond donors (Lipinski definition) is 2. The molecule has 10 heteroatoms. The zero-order valence-electron chi connectivity index (χ0n) is 17.8. The largest absolute Gasteiger partial charge is 0.489 e. The first-order chi connectivity index (χ1) is 15.5. The molecule has 0 aliphatic rings. The highest BCUT2D eigenvalue weighted by molar-refractivity contribution is 7.17. The fourth-order valence-corrected chi connectivity index (χ4v) is 4.24. The number of aryl methyl sites for hydroxylation is 1. The Morgan fingerprint density at radius 3 is 2.81 bits per heavy atom. The zero-order chi connectivity index (χ0) is 22.9. The lowest BCUT2D eigenvalue weighted by molar-refractivity contribution is 0.0531. The van der Waals surface area contributed by atoms with E-state index < -0.39 is 5.97 Å². The van der Waals surface area contributed by atoms with Gasteiger partial charge < -0.3 is 14.8 Å². The number of nitrogens with one attached hydrogen (secondary N) is 2. The molecule has 2 heterocycles. The first-order valence-electron chi connectivity index (χ1n) is 9.96. The van der Waals surface area contributed by atoms with Gasteiger partial charge in [-0.2, -0.15) is 0 Å². The van der Waals surface area contributed by atoms with Gasteiger partial charge in [-0.1, -0.05) is 24.0 Å². The Bertz CT molecular complexity index is 1090. The molecule has 0 fully saturated rings. The number of hydrogen-bond acceptors (Lipinski definition) is 9. The molecule has 0 aliphatic carbocycles. The summed E-state index contributed by atoms with van der Waals surface area (Å²) >= 11 is 2.68. The highest BCUT2D eigenvalue weighted by Gasteiger charge is 2.15. The van der Waals surface area contributed by atoms with Crippen molar-refractivity contribution in [1.82, 2.24) is 9.97 Å². The van der Waals surface area contributed by atoms with E-state index in [2.05, 4.69) is 27.2 Å². The van der Waals surface area contributed by atoms with Crippen LogP contribution < -0.4 is 15.4 Å². The van der Waals surface area contributed by atoms with Crippen molar-refractivity contribution in [3.63, 3.8) is 0 Å². The van der Waals surface area contributed by atoms with E-state index in [1.54, 1.807) is 36.5 Å². The second-order valence-corrected chi connectivity index (χ2v) is 8.56. The van der Waals surface area contributed by atoms with Gasteiger partial charge >= 0.3 is 5.97 Å². The van der Waals surface area contributed by atoms with Gasteiger partial charge in [-0.05, 0) is 26.0 Å². The maximum atomic E-state index is 12.8. The van der Waals surface area contributed by atoms with E-state index in [4.69, 9.17) is 9.47 Å². The maximum Gasteiger partial charge on any atom is 0.350 e. The molecule has 32 heavy (non-hydrogen) atoms. The van der Waals surface area contributed by atoms with Crippen molar-refractivity contribution in [3.05, 3.63) is 63.6 Å². The van der Waals surface area contributed by atoms with Gasteiger partial charge in [0, 0.05) is 35.2 Å². The summed E-state index contributed by atoms with van der Waals surface area (Å²) in [7, 11) is 0. The minimum absolute atomic E-state index is 0.272. The van der Waals surface area contributed by atoms with Crippen LogP contribution in [0.3, 0.4) is 0 Å². The van der Waals surface area contributed by atoms with Crippen molar-refractivity contribution < 1.29 is 19.1 Å². The lowest BCUT2D eigenvalue weighted by atomic mass is 10.1. The predicted molar refractivity (Wildman–Crippen MR) is 127 cm³/mol. The third kappa shape index (κ3) is 6.38. The van der Waals surface area contributed by atoms with Gasteiger partial charge in [0.05, 0.1) is 24.0 Å². The van der Waals surface area contributed by atoms with Crippen LogP contribution in [0.1, 0.15) is 37.5 Å². The number of esters is 1. The van der Waals surface area contributed by atoms with Crippen molar-refractivity contribution in [2.45, 2.75) is 20.3 Å². The summed E-state index contributed by atoms with van der Waals surface area (Å²) in [6.45, 7) is 8.65. The molecule has 8 nitrogen and oxygen atoms in total. The smallest absolute Gasteiger partial charge is 0.350 e. The summed E-state index contributed by atoms with van der Waals surface area (Å²) in [5.74, 6) is -0.284. The number of rotatable bonds is 11. The number of nitrogens with zero attached hydrogens (tertiary/aromatic N) is 2. The topological polar surface area (TPSA) is 102 Å². The molecule has 0 bridgehead atoms. The molecule has 168 valence electrons. The molecule has 0 saturated heterocycles. The van der Waals surface area contributed by atoms with E-state index in [0.29, 0.717) is 34.5 Å². The molecule has 0 atom stereocenters. The monoisotopic (exact) mass is 472 g/mol. The van der Waals surface area contributed by atoms with Crippen molar-refractivity contribution in [2.24, 2.45) is 0 Å². The van der Waals surface area contributed by atoms with Crippen LogP contribution in [0, 0.1) is 6.92 Å². The molecular weight excluding hydrogens is 448 g/mol. The van der Waals surface area contributed by atoms with Crippen molar-refractivity contribution in [3.8, 4) is 5.75 Å². The lowest BCUT2D eigenvalue weighted by Gasteiger charge is -2.12. The molecule has 0 radical (unpaired) electrons. The van der Waals surface area contributed by atoms with Crippen LogP contribution in [-0.2, 0) is 11.2 Å². The molecule has 2 N–H and O–H groups in total. The number of ether oxygens (including phenoxy) is 2. The van der Waals surface area contributed by atoms with E-state index >= 15 is 0 Å². The second kappa shape index (κ2) is 11.4. The van der Waals surface area contributed by atoms with E-state index in [0.717, 1.165) is 29.1 Å². The van der Waals surface area contributed by atoms with Crippen LogP contribution in [0.4, 0.5) is 10.8 Å². The average molecular weight is 473 g/mol. The van der Waals surface area contributed by atoms with E-state index in [9.17, 15) is 9.59 Å². The van der Waals surface area contributed by atoms with Gasteiger partial charge in [0.2, 0.25) is 0 Å². The number of aromatic nitrogens is 2. The SMILES string of the molecule is C=CCOc1cc(NCCc2scnc2C)cc(C(=O)Nc2ncc(C(=O)OCC)s2)c1. The summed E-state index contributed by atoms with van der Waals surface area (Å²) in [5.41, 5.74) is 4.02. The van der Waals surface area contributed by atoms with Crippen LogP contribution in [0.5, 0.6) is 5.75 Å². The zero-order valence-corrected chi connectivity index (χ0v) is 19.5. The Morgan fingerprint density at radius 2 is 2.09 bits per heavy atom. The average Bonchev–Trinajstić information content (AvgIpc) is 3.41. The van der Waals surface area contributed by atoms with Crippen LogP contribution in [0.25, 0.3) is 0 Å². The molecule has 0 aliphatic heterocycles. The molecule has 2 aromatic heterocycles. The van der Waals surface area contributed by atoms with Crippen molar-refractivity contribution in [2.75, 3.05) is 30.4 Å². The van der Waals surface area contributed by atoms with Gasteiger partial charge in [-0.15, -0.1) is 11.3 Å². The summed E-state index contributed by atoms with van der Waals surface area (Å²) in [4.78, 5) is 34.5. The maximum absolute atomic E-state index is 12.8. The fraction of sp³-hybridized carbons (Fsp3) is 0.273. The van der Waals surface area contributed by atoms with Crippen LogP contribution in [-0.4, -0.2) is 41.6 Å². The van der Waals surface area contributed by atoms with E-state index in [1.807, 2.05) is 18.5 Å². The number of amides is 1. The van der Waals surface area contributed by atoms with Gasteiger partial charge in [-0.3, -0.25) is 10.1 Å². The summed E-state index contributed by atoms with van der Waals surface area (Å²) < 4.78 is 10.6.